The quantitative estimate of drug-likeness (QED) is 0.435. The first-order valence-corrected chi connectivity index (χ1v) is 11.2. The number of benzene rings is 2. The van der Waals surface area contributed by atoms with E-state index in [1.54, 1.807) is 47.4 Å². The van der Waals surface area contributed by atoms with Crippen LogP contribution in [0.3, 0.4) is 0 Å². The molecular weight excluding hydrogens is 460 g/mol. The summed E-state index contributed by atoms with van der Waals surface area (Å²) in [6.45, 7) is 2.10. The number of fused-ring (bicyclic) bond motifs is 1. The molecule has 8 nitrogen and oxygen atoms in total. The Labute approximate surface area is 200 Å². The highest BCUT2D eigenvalue weighted by Crippen LogP contribution is 2.24. The molecule has 0 spiro atoms. The van der Waals surface area contributed by atoms with Crippen LogP contribution in [0.2, 0.25) is 5.02 Å². The second kappa shape index (κ2) is 10.1. The molecule has 4 rings (SSSR count). The van der Waals surface area contributed by atoms with Gasteiger partial charge in [-0.1, -0.05) is 11.6 Å². The molecule has 2 amide bonds. The average Bonchev–Trinajstić information content (AvgIpc) is 2.81. The number of amides is 2. The number of hydrogen-bond donors (Lipinski definition) is 1. The number of esters is 1. The Morgan fingerprint density at radius 1 is 1.15 bits per heavy atom. The lowest BCUT2D eigenvalue weighted by Gasteiger charge is -2.31. The number of halogens is 1. The molecule has 1 aromatic heterocycles. The van der Waals surface area contributed by atoms with Gasteiger partial charge < -0.3 is 19.4 Å². The second-order valence-corrected chi connectivity index (χ2v) is 8.62. The van der Waals surface area contributed by atoms with Crippen LogP contribution in [0.15, 0.2) is 57.7 Å². The predicted molar refractivity (Wildman–Crippen MR) is 127 cm³/mol. The third kappa shape index (κ3) is 5.46. The molecule has 9 heteroatoms. The third-order valence-corrected chi connectivity index (χ3v) is 5.91. The van der Waals surface area contributed by atoms with E-state index >= 15 is 0 Å². The fourth-order valence-corrected chi connectivity index (χ4v) is 4.15. The molecule has 1 aliphatic heterocycles. The van der Waals surface area contributed by atoms with Gasteiger partial charge in [0.15, 0.2) is 0 Å². The molecule has 0 saturated carbocycles. The summed E-state index contributed by atoms with van der Waals surface area (Å²) in [6.07, 6.45) is 1.30. The van der Waals surface area contributed by atoms with Crippen LogP contribution in [0.5, 0.6) is 0 Å². The second-order valence-electron chi connectivity index (χ2n) is 8.19. The SMILES string of the molecule is CC(=O)Nc1ccc2c(COC(=O)C3CCCN(C(=O)c4ccc(Cl)cc4)C3)cc(=O)oc2c1. The van der Waals surface area contributed by atoms with E-state index in [2.05, 4.69) is 5.32 Å². The number of nitrogens with zero attached hydrogens (tertiary/aromatic N) is 1. The molecule has 1 atom stereocenters. The summed E-state index contributed by atoms with van der Waals surface area (Å²) in [5.41, 5.74) is 1.20. The number of carbonyl (C=O) groups is 3. The normalized spacial score (nSPS) is 15.7. The van der Waals surface area contributed by atoms with Gasteiger partial charge in [0, 0.05) is 59.4 Å². The summed E-state index contributed by atoms with van der Waals surface area (Å²) < 4.78 is 10.8. The molecule has 34 heavy (non-hydrogen) atoms. The van der Waals surface area contributed by atoms with E-state index in [1.807, 2.05) is 0 Å². The van der Waals surface area contributed by atoms with Gasteiger partial charge in [0.05, 0.1) is 5.92 Å². The molecule has 0 bridgehead atoms. The lowest BCUT2D eigenvalue weighted by molar-refractivity contribution is -0.151. The number of likely N-dealkylation sites (tertiary alicyclic amines) is 1. The van der Waals surface area contributed by atoms with Crippen LogP contribution < -0.4 is 10.9 Å². The zero-order valence-corrected chi connectivity index (χ0v) is 19.3. The molecule has 176 valence electrons. The molecule has 1 aliphatic rings. The van der Waals surface area contributed by atoms with Crippen LogP contribution in [0.25, 0.3) is 11.0 Å². The summed E-state index contributed by atoms with van der Waals surface area (Å²) >= 11 is 5.90. The zero-order chi connectivity index (χ0) is 24.2. The summed E-state index contributed by atoms with van der Waals surface area (Å²) in [4.78, 5) is 50.5. The Hall–Kier alpha value is -3.65. The smallest absolute Gasteiger partial charge is 0.336 e. The number of piperidine rings is 1. The van der Waals surface area contributed by atoms with Crippen molar-refractivity contribution in [1.29, 1.82) is 0 Å². The van der Waals surface area contributed by atoms with Crippen molar-refractivity contribution < 1.29 is 23.5 Å². The Morgan fingerprint density at radius 3 is 2.65 bits per heavy atom. The molecule has 3 aromatic rings. The van der Waals surface area contributed by atoms with E-state index < -0.39 is 17.5 Å². The molecule has 2 heterocycles. The maximum Gasteiger partial charge on any atom is 0.336 e. The fraction of sp³-hybridized carbons (Fsp3) is 0.280. The van der Waals surface area contributed by atoms with Gasteiger partial charge in [-0.15, -0.1) is 0 Å². The first kappa shape index (κ1) is 23.5. The van der Waals surface area contributed by atoms with Crippen molar-refractivity contribution in [3.63, 3.8) is 0 Å². The van der Waals surface area contributed by atoms with Crippen LogP contribution in [0, 0.1) is 5.92 Å². The lowest BCUT2D eigenvalue weighted by atomic mass is 9.97. The van der Waals surface area contributed by atoms with E-state index in [0.29, 0.717) is 46.6 Å². The highest BCUT2D eigenvalue weighted by atomic mass is 35.5. The van der Waals surface area contributed by atoms with E-state index in [-0.39, 0.29) is 30.5 Å². The number of hydrogen-bond acceptors (Lipinski definition) is 6. The number of rotatable bonds is 5. The van der Waals surface area contributed by atoms with Crippen molar-refractivity contribution in [3.05, 3.63) is 75.1 Å². The average molecular weight is 483 g/mol. The van der Waals surface area contributed by atoms with Gasteiger partial charge in [0.2, 0.25) is 5.91 Å². The number of nitrogens with one attached hydrogen (secondary N) is 1. The fourth-order valence-electron chi connectivity index (χ4n) is 4.03. The van der Waals surface area contributed by atoms with Crippen LogP contribution in [0.4, 0.5) is 5.69 Å². The standard InChI is InChI=1S/C25H23ClN2O6/c1-15(29)27-20-8-9-21-18(11-23(30)34-22(21)12-20)14-33-25(32)17-3-2-10-28(13-17)24(31)16-4-6-19(26)7-5-16/h4-9,11-12,17H,2-3,10,13-14H2,1H3,(H,27,29). The third-order valence-electron chi connectivity index (χ3n) is 5.65. The van der Waals surface area contributed by atoms with Gasteiger partial charge in [-0.3, -0.25) is 14.4 Å². The summed E-state index contributed by atoms with van der Waals surface area (Å²) in [5, 5.41) is 3.78. The van der Waals surface area contributed by atoms with Gasteiger partial charge >= 0.3 is 11.6 Å². The van der Waals surface area contributed by atoms with Crippen molar-refractivity contribution in [3.8, 4) is 0 Å². The molecule has 1 fully saturated rings. The molecule has 1 unspecified atom stereocenters. The molecular formula is C25H23ClN2O6. The highest BCUT2D eigenvalue weighted by molar-refractivity contribution is 6.30. The van der Waals surface area contributed by atoms with Crippen molar-refractivity contribution >= 4 is 46.0 Å². The van der Waals surface area contributed by atoms with Gasteiger partial charge in [-0.2, -0.15) is 0 Å². The van der Waals surface area contributed by atoms with Gasteiger partial charge in [-0.25, -0.2) is 4.79 Å². The summed E-state index contributed by atoms with van der Waals surface area (Å²) in [6, 6.07) is 12.8. The van der Waals surface area contributed by atoms with E-state index in [0.717, 1.165) is 0 Å². The Bertz CT molecular complexity index is 1300. The van der Waals surface area contributed by atoms with Crippen LogP contribution in [-0.4, -0.2) is 35.8 Å². The number of anilines is 1. The summed E-state index contributed by atoms with van der Waals surface area (Å²) in [7, 11) is 0. The van der Waals surface area contributed by atoms with Gasteiger partial charge in [0.1, 0.15) is 12.2 Å². The minimum absolute atomic E-state index is 0.109. The number of carbonyl (C=O) groups excluding carboxylic acids is 3. The monoisotopic (exact) mass is 482 g/mol. The van der Waals surface area contributed by atoms with Crippen LogP contribution in [-0.2, 0) is 20.9 Å². The molecule has 1 N–H and O–H groups in total. The topological polar surface area (TPSA) is 106 Å². The number of ether oxygens (including phenoxy) is 1. The van der Waals surface area contributed by atoms with Crippen molar-refractivity contribution in [2.24, 2.45) is 5.92 Å². The molecule has 0 aliphatic carbocycles. The first-order valence-electron chi connectivity index (χ1n) is 10.9. The molecule has 1 saturated heterocycles. The molecule has 0 radical (unpaired) electrons. The predicted octanol–water partition coefficient (Wildman–Crippen LogP) is 4.00. The summed E-state index contributed by atoms with van der Waals surface area (Å²) in [5.74, 6) is -1.29. The zero-order valence-electron chi connectivity index (χ0n) is 18.5. The van der Waals surface area contributed by atoms with Gasteiger partial charge in [-0.05, 0) is 49.2 Å². The minimum Gasteiger partial charge on any atom is -0.461 e. The van der Waals surface area contributed by atoms with Crippen molar-refractivity contribution in [2.75, 3.05) is 18.4 Å². The maximum absolute atomic E-state index is 12.8. The molecule has 2 aromatic carbocycles. The van der Waals surface area contributed by atoms with E-state index in [4.69, 9.17) is 20.8 Å². The van der Waals surface area contributed by atoms with Gasteiger partial charge in [0.25, 0.3) is 5.91 Å². The maximum atomic E-state index is 12.8. The first-order chi connectivity index (χ1) is 16.3. The Balaban J connectivity index is 1.43. The van der Waals surface area contributed by atoms with E-state index in [9.17, 15) is 19.2 Å². The lowest BCUT2D eigenvalue weighted by Crippen LogP contribution is -2.42. The van der Waals surface area contributed by atoms with Crippen LogP contribution >= 0.6 is 11.6 Å². The largest absolute Gasteiger partial charge is 0.461 e. The Kier molecular flexibility index (Phi) is 6.98. The highest BCUT2D eigenvalue weighted by Gasteiger charge is 2.30. The van der Waals surface area contributed by atoms with Crippen molar-refractivity contribution in [1.82, 2.24) is 4.90 Å². The van der Waals surface area contributed by atoms with Crippen molar-refractivity contribution in [2.45, 2.75) is 26.4 Å². The minimum atomic E-state index is -0.587. The van der Waals surface area contributed by atoms with E-state index in [1.165, 1.54) is 13.0 Å². The van der Waals surface area contributed by atoms with Crippen LogP contribution in [0.1, 0.15) is 35.7 Å². The Morgan fingerprint density at radius 2 is 1.91 bits per heavy atom.